The number of carbonyl (C=O) groups is 2. The first-order valence-electron chi connectivity index (χ1n) is 13.4. The zero-order chi connectivity index (χ0) is 30.5. The van der Waals surface area contributed by atoms with E-state index in [2.05, 4.69) is 31.8 Å². The van der Waals surface area contributed by atoms with E-state index in [4.69, 9.17) is 4.74 Å². The maximum Gasteiger partial charge on any atom is 0.257 e. The Balaban J connectivity index is 1.27. The Labute approximate surface area is 259 Å². The molecule has 0 aromatic heterocycles. The number of hydrogen-bond acceptors (Lipinski definition) is 6. The predicted molar refractivity (Wildman–Crippen MR) is 169 cm³/mol. The van der Waals surface area contributed by atoms with Crippen molar-refractivity contribution in [2.45, 2.75) is 17.9 Å². The number of hydrogen-bond donors (Lipinski definition) is 2. The molecule has 9 nitrogen and oxygen atoms in total. The van der Waals surface area contributed by atoms with Gasteiger partial charge in [-0.15, -0.1) is 0 Å². The van der Waals surface area contributed by atoms with Gasteiger partial charge in [0, 0.05) is 17.6 Å². The van der Waals surface area contributed by atoms with Crippen molar-refractivity contribution in [2.75, 3.05) is 19.7 Å². The average Bonchev–Trinajstić information content (AvgIpc) is 3.01. The summed E-state index contributed by atoms with van der Waals surface area (Å²) in [4.78, 5) is 24.9. The molecule has 4 aromatic carbocycles. The van der Waals surface area contributed by atoms with Gasteiger partial charge < -0.3 is 10.1 Å². The van der Waals surface area contributed by atoms with Crippen LogP contribution in [0.25, 0.3) is 0 Å². The van der Waals surface area contributed by atoms with E-state index >= 15 is 0 Å². The molecule has 0 aliphatic carbocycles. The number of benzene rings is 4. The molecule has 43 heavy (non-hydrogen) atoms. The lowest BCUT2D eigenvalue weighted by molar-refractivity contribution is -0.123. The third-order valence-corrected chi connectivity index (χ3v) is 8.54. The quantitative estimate of drug-likeness (QED) is 0.152. The molecule has 0 atom stereocenters. The molecule has 11 heteroatoms. The van der Waals surface area contributed by atoms with Gasteiger partial charge in [-0.25, -0.2) is 13.8 Å². The number of carbonyl (C=O) groups excluding carboxylic acids is 2. The minimum Gasteiger partial charge on any atom is -0.484 e. The second kappa shape index (κ2) is 15.8. The van der Waals surface area contributed by atoms with Crippen molar-refractivity contribution in [2.24, 2.45) is 5.10 Å². The summed E-state index contributed by atoms with van der Waals surface area (Å²) >= 11 is 3.31. The second-order valence-electron chi connectivity index (χ2n) is 9.45. The van der Waals surface area contributed by atoms with Gasteiger partial charge in [-0.3, -0.25) is 9.59 Å². The summed E-state index contributed by atoms with van der Waals surface area (Å²) in [5.74, 6) is -0.298. The number of halogens is 1. The normalized spacial score (nSPS) is 11.4. The van der Waals surface area contributed by atoms with Crippen LogP contribution in [-0.2, 0) is 32.6 Å². The third kappa shape index (κ3) is 10.2. The summed E-state index contributed by atoms with van der Waals surface area (Å²) in [7, 11) is -3.97. The van der Waals surface area contributed by atoms with Gasteiger partial charge in [-0.05, 0) is 71.6 Å². The van der Waals surface area contributed by atoms with E-state index in [1.165, 1.54) is 18.3 Å². The molecule has 0 saturated carbocycles. The van der Waals surface area contributed by atoms with Crippen LogP contribution < -0.4 is 15.5 Å². The zero-order valence-corrected chi connectivity index (χ0v) is 25.6. The number of hydrazone groups is 1. The first kappa shape index (κ1) is 31.6. The highest BCUT2D eigenvalue weighted by molar-refractivity contribution is 9.10. The summed E-state index contributed by atoms with van der Waals surface area (Å²) in [5, 5.41) is 6.80. The van der Waals surface area contributed by atoms with Gasteiger partial charge >= 0.3 is 0 Å². The van der Waals surface area contributed by atoms with Crippen molar-refractivity contribution in [1.29, 1.82) is 0 Å². The maximum atomic E-state index is 13.4. The molecule has 0 unspecified atom stereocenters. The topological polar surface area (TPSA) is 117 Å². The van der Waals surface area contributed by atoms with E-state index < -0.39 is 22.5 Å². The van der Waals surface area contributed by atoms with Crippen molar-refractivity contribution in [3.63, 3.8) is 0 Å². The Morgan fingerprint density at radius 1 is 0.814 bits per heavy atom. The van der Waals surface area contributed by atoms with E-state index in [0.717, 1.165) is 26.3 Å². The first-order valence-corrected chi connectivity index (χ1v) is 15.7. The molecule has 0 aliphatic rings. The van der Waals surface area contributed by atoms with E-state index in [1.54, 1.807) is 48.5 Å². The molecule has 222 valence electrons. The zero-order valence-electron chi connectivity index (χ0n) is 23.2. The largest absolute Gasteiger partial charge is 0.484 e. The summed E-state index contributed by atoms with van der Waals surface area (Å²) in [6.45, 7) is 0.00213. The standard InChI is InChI=1S/C32H31BrN4O5S/c33-28-13-17-30(18-14-28)43(40,41)37(22-27-9-5-2-6-10-27)23-31(38)36-35-21-26-11-15-29(16-12-26)42-24-32(39)34-20-19-25-7-3-1-4-8-25/h1-18,21H,19-20,22-24H2,(H,34,39)(H,36,38)/b35-21+. The van der Waals surface area contributed by atoms with Gasteiger partial charge in [0.15, 0.2) is 6.61 Å². The minimum absolute atomic E-state index is 0.0167. The van der Waals surface area contributed by atoms with E-state index in [9.17, 15) is 18.0 Å². The number of nitrogens with one attached hydrogen (secondary N) is 2. The van der Waals surface area contributed by atoms with Crippen LogP contribution in [-0.4, -0.2) is 50.4 Å². The molecule has 0 spiro atoms. The summed E-state index contributed by atoms with van der Waals surface area (Å²) in [6, 6.07) is 32.0. The van der Waals surface area contributed by atoms with Crippen LogP contribution in [0, 0.1) is 0 Å². The van der Waals surface area contributed by atoms with E-state index in [1.807, 2.05) is 48.5 Å². The van der Waals surface area contributed by atoms with Gasteiger partial charge in [0.25, 0.3) is 11.8 Å². The Bertz CT molecular complexity index is 1620. The van der Waals surface area contributed by atoms with Crippen LogP contribution in [0.2, 0.25) is 0 Å². The Hall–Kier alpha value is -4.32. The third-order valence-electron chi connectivity index (χ3n) is 6.20. The molecule has 2 amide bonds. The van der Waals surface area contributed by atoms with Crippen LogP contribution in [0.4, 0.5) is 0 Å². The van der Waals surface area contributed by atoms with Crippen LogP contribution in [0.5, 0.6) is 5.75 Å². The van der Waals surface area contributed by atoms with Crippen LogP contribution in [0.15, 0.2) is 124 Å². The molecule has 2 N–H and O–H groups in total. The highest BCUT2D eigenvalue weighted by atomic mass is 79.9. The van der Waals surface area contributed by atoms with Crippen LogP contribution in [0.3, 0.4) is 0 Å². The molecule has 0 aliphatic heterocycles. The fourth-order valence-corrected chi connectivity index (χ4v) is 5.63. The molecular formula is C32H31BrN4O5S. The van der Waals surface area contributed by atoms with Crippen LogP contribution in [0.1, 0.15) is 16.7 Å². The van der Waals surface area contributed by atoms with Crippen molar-refractivity contribution < 1.29 is 22.7 Å². The molecule has 0 heterocycles. The number of amides is 2. The number of ether oxygens (including phenoxy) is 1. The molecule has 4 aromatic rings. The predicted octanol–water partition coefficient (Wildman–Crippen LogP) is 4.53. The SMILES string of the molecule is O=C(COc1ccc(/C=N/NC(=O)CN(Cc2ccccc2)S(=O)(=O)c2ccc(Br)cc2)cc1)NCCc1ccccc1. The molecule has 0 bridgehead atoms. The summed E-state index contributed by atoms with van der Waals surface area (Å²) < 4.78 is 34.1. The maximum absolute atomic E-state index is 13.4. The summed E-state index contributed by atoms with van der Waals surface area (Å²) in [5.41, 5.74) is 4.96. The smallest absolute Gasteiger partial charge is 0.257 e. The van der Waals surface area contributed by atoms with Crippen molar-refractivity contribution in [1.82, 2.24) is 15.0 Å². The lowest BCUT2D eigenvalue weighted by Crippen LogP contribution is -2.39. The second-order valence-corrected chi connectivity index (χ2v) is 12.3. The van der Waals surface area contributed by atoms with Gasteiger partial charge in [-0.2, -0.15) is 9.41 Å². The van der Waals surface area contributed by atoms with Gasteiger partial charge in [0.2, 0.25) is 10.0 Å². The average molecular weight is 664 g/mol. The lowest BCUT2D eigenvalue weighted by Gasteiger charge is -2.21. The molecule has 0 saturated heterocycles. The first-order chi connectivity index (χ1) is 20.8. The summed E-state index contributed by atoms with van der Waals surface area (Å²) in [6.07, 6.45) is 2.17. The lowest BCUT2D eigenvalue weighted by atomic mass is 10.1. The fourth-order valence-electron chi connectivity index (χ4n) is 3.98. The number of sulfonamides is 1. The highest BCUT2D eigenvalue weighted by Crippen LogP contribution is 2.21. The molecular weight excluding hydrogens is 632 g/mol. The highest BCUT2D eigenvalue weighted by Gasteiger charge is 2.27. The van der Waals surface area contributed by atoms with Crippen molar-refractivity contribution >= 4 is 44.0 Å². The van der Waals surface area contributed by atoms with Gasteiger partial charge in [0.1, 0.15) is 5.75 Å². The van der Waals surface area contributed by atoms with Crippen molar-refractivity contribution in [3.8, 4) is 5.75 Å². The van der Waals surface area contributed by atoms with Gasteiger partial charge in [-0.1, -0.05) is 76.6 Å². The van der Waals surface area contributed by atoms with Gasteiger partial charge in [0.05, 0.1) is 17.7 Å². The monoisotopic (exact) mass is 662 g/mol. The van der Waals surface area contributed by atoms with Crippen molar-refractivity contribution in [3.05, 3.63) is 130 Å². The molecule has 0 radical (unpaired) electrons. The van der Waals surface area contributed by atoms with E-state index in [0.29, 0.717) is 17.9 Å². The van der Waals surface area contributed by atoms with E-state index in [-0.39, 0.29) is 24.0 Å². The number of rotatable bonds is 14. The Morgan fingerprint density at radius 3 is 2.09 bits per heavy atom. The minimum atomic E-state index is -3.97. The van der Waals surface area contributed by atoms with Crippen LogP contribution >= 0.6 is 15.9 Å². The molecule has 0 fully saturated rings. The Kier molecular flexibility index (Phi) is 11.6. The fraction of sp³-hybridized carbons (Fsp3) is 0.156. The molecule has 4 rings (SSSR count). The number of nitrogens with zero attached hydrogens (tertiary/aromatic N) is 2. The Morgan fingerprint density at radius 2 is 1.44 bits per heavy atom.